The van der Waals surface area contributed by atoms with Crippen LogP contribution >= 0.6 is 22.9 Å². The summed E-state index contributed by atoms with van der Waals surface area (Å²) < 4.78 is 0.724. The third-order valence-corrected chi connectivity index (χ3v) is 4.47. The number of halogens is 1. The number of carbonyl (C=O) groups excluding carboxylic acids is 1. The molecule has 0 unspecified atom stereocenters. The molecule has 3 rings (SSSR count). The number of thiazole rings is 1. The molecule has 24 heavy (non-hydrogen) atoms. The summed E-state index contributed by atoms with van der Waals surface area (Å²) in [7, 11) is 0. The monoisotopic (exact) mass is 359 g/mol. The number of carbonyl (C=O) groups is 1. The third-order valence-electron chi connectivity index (χ3n) is 3.36. The molecule has 122 valence electrons. The fourth-order valence-corrected chi connectivity index (χ4v) is 3.31. The number of benzene rings is 1. The molecule has 1 N–H and O–H groups in total. The number of rotatable bonds is 4. The Morgan fingerprint density at radius 3 is 2.96 bits per heavy atom. The molecule has 1 aromatic carbocycles. The first kappa shape index (κ1) is 16.4. The van der Waals surface area contributed by atoms with Gasteiger partial charge in [-0.1, -0.05) is 11.6 Å². The zero-order chi connectivity index (χ0) is 17.1. The van der Waals surface area contributed by atoms with E-state index in [1.165, 1.54) is 17.5 Å². The van der Waals surface area contributed by atoms with Gasteiger partial charge in [-0.05, 0) is 36.8 Å². The van der Waals surface area contributed by atoms with Gasteiger partial charge in [0.05, 0.1) is 0 Å². The molecule has 3 aromatic rings. The smallest absolute Gasteiger partial charge is 0.271 e. The molecule has 1 amide bonds. The molecule has 0 radical (unpaired) electrons. The molecule has 0 saturated heterocycles. The van der Waals surface area contributed by atoms with Crippen molar-refractivity contribution in [2.75, 3.05) is 0 Å². The molecule has 2 aromatic heterocycles. The van der Waals surface area contributed by atoms with Crippen LogP contribution in [0.15, 0.2) is 48.0 Å². The lowest BCUT2D eigenvalue weighted by Gasteiger charge is -2.04. The van der Waals surface area contributed by atoms with Crippen molar-refractivity contribution in [1.82, 2.24) is 10.3 Å². The Hall–Kier alpha value is -2.44. The van der Waals surface area contributed by atoms with Crippen LogP contribution < -0.4 is 10.0 Å². The minimum atomic E-state index is -0.319. The highest BCUT2D eigenvalue weighted by Crippen LogP contribution is 2.27. The Morgan fingerprint density at radius 2 is 2.21 bits per heavy atom. The Bertz CT molecular complexity index is 875. The van der Waals surface area contributed by atoms with E-state index in [0.29, 0.717) is 16.4 Å². The quantitative estimate of drug-likeness (QED) is 0.573. The third kappa shape index (κ3) is 3.72. The summed E-state index contributed by atoms with van der Waals surface area (Å²) in [6.07, 6.45) is 1.39. The highest BCUT2D eigenvalue weighted by molar-refractivity contribution is 7.13. The molecular formula is C17H14ClN3O2S. The van der Waals surface area contributed by atoms with Gasteiger partial charge in [0.2, 0.25) is 5.69 Å². The van der Waals surface area contributed by atoms with Gasteiger partial charge < -0.3 is 10.5 Å². The van der Waals surface area contributed by atoms with E-state index in [2.05, 4.69) is 10.3 Å². The summed E-state index contributed by atoms with van der Waals surface area (Å²) in [5, 5.41) is 17.3. The normalized spacial score (nSPS) is 10.6. The van der Waals surface area contributed by atoms with Crippen molar-refractivity contribution in [1.29, 1.82) is 0 Å². The van der Waals surface area contributed by atoms with E-state index < -0.39 is 0 Å². The fourth-order valence-electron chi connectivity index (χ4n) is 2.23. The molecule has 0 saturated carbocycles. The Balaban J connectivity index is 1.73. The molecule has 0 fully saturated rings. The lowest BCUT2D eigenvalue weighted by Crippen LogP contribution is -2.35. The second-order valence-corrected chi connectivity index (χ2v) is 6.55. The molecule has 5 nitrogen and oxygen atoms in total. The predicted octanol–water partition coefficient (Wildman–Crippen LogP) is 3.34. The lowest BCUT2D eigenvalue weighted by atomic mass is 10.1. The van der Waals surface area contributed by atoms with Crippen LogP contribution in [-0.2, 0) is 6.54 Å². The number of aromatic nitrogens is 2. The van der Waals surface area contributed by atoms with Crippen molar-refractivity contribution in [3.63, 3.8) is 0 Å². The predicted molar refractivity (Wildman–Crippen MR) is 93.9 cm³/mol. The minimum Gasteiger partial charge on any atom is -0.618 e. The van der Waals surface area contributed by atoms with Crippen LogP contribution in [0.1, 0.15) is 21.7 Å². The lowest BCUT2D eigenvalue weighted by molar-refractivity contribution is -0.614. The zero-order valence-electron chi connectivity index (χ0n) is 12.8. The summed E-state index contributed by atoms with van der Waals surface area (Å²) in [5.41, 5.74) is 2.69. The van der Waals surface area contributed by atoms with E-state index in [-0.39, 0.29) is 12.5 Å². The maximum Gasteiger partial charge on any atom is 0.271 e. The van der Waals surface area contributed by atoms with Crippen LogP contribution in [0.25, 0.3) is 10.6 Å². The Morgan fingerprint density at radius 1 is 1.38 bits per heavy atom. The zero-order valence-corrected chi connectivity index (χ0v) is 14.4. The average Bonchev–Trinajstić information content (AvgIpc) is 3.03. The first-order valence-corrected chi connectivity index (χ1v) is 8.47. The second kappa shape index (κ2) is 6.98. The standard InChI is InChI=1S/C17H14ClN3O2S/c1-11-6-12(8-13(18)7-11)17-20-15(10-24-17)16(22)19-9-14-4-2-3-5-21(14)23/h2-8,10H,9H2,1H3,(H,19,22). The summed E-state index contributed by atoms with van der Waals surface area (Å²) in [5.74, 6) is -0.319. The van der Waals surface area contributed by atoms with Crippen molar-refractivity contribution < 1.29 is 9.52 Å². The summed E-state index contributed by atoms with van der Waals surface area (Å²) in [6, 6.07) is 10.7. The van der Waals surface area contributed by atoms with E-state index in [1.807, 2.05) is 25.1 Å². The van der Waals surface area contributed by atoms with Crippen molar-refractivity contribution in [3.05, 3.63) is 75.2 Å². The largest absolute Gasteiger partial charge is 0.618 e. The van der Waals surface area contributed by atoms with Gasteiger partial charge in [-0.15, -0.1) is 11.3 Å². The summed E-state index contributed by atoms with van der Waals surface area (Å²) in [4.78, 5) is 16.6. The van der Waals surface area contributed by atoms with Gasteiger partial charge in [0.1, 0.15) is 17.2 Å². The van der Waals surface area contributed by atoms with Gasteiger partial charge in [-0.3, -0.25) is 4.79 Å². The van der Waals surface area contributed by atoms with Gasteiger partial charge in [0.25, 0.3) is 5.91 Å². The summed E-state index contributed by atoms with van der Waals surface area (Å²) >= 11 is 7.44. The number of hydrogen-bond acceptors (Lipinski definition) is 4. The number of amides is 1. The van der Waals surface area contributed by atoms with Gasteiger partial charge in [-0.2, -0.15) is 4.73 Å². The number of aryl methyl sites for hydroxylation is 1. The molecular weight excluding hydrogens is 346 g/mol. The maximum atomic E-state index is 12.2. The van der Waals surface area contributed by atoms with E-state index in [9.17, 15) is 10.0 Å². The van der Waals surface area contributed by atoms with Crippen LogP contribution in [0.5, 0.6) is 0 Å². The summed E-state index contributed by atoms with van der Waals surface area (Å²) in [6.45, 7) is 2.10. The van der Waals surface area contributed by atoms with Crippen molar-refractivity contribution in [2.24, 2.45) is 0 Å². The van der Waals surface area contributed by atoms with E-state index >= 15 is 0 Å². The van der Waals surface area contributed by atoms with E-state index in [0.717, 1.165) is 20.9 Å². The number of pyridine rings is 1. The molecule has 2 heterocycles. The molecule has 7 heteroatoms. The molecule has 0 spiro atoms. The number of nitrogens with zero attached hydrogens (tertiary/aromatic N) is 2. The van der Waals surface area contributed by atoms with Gasteiger partial charge >= 0.3 is 0 Å². The highest BCUT2D eigenvalue weighted by atomic mass is 35.5. The van der Waals surface area contributed by atoms with Crippen LogP contribution in [0.4, 0.5) is 0 Å². The Kier molecular flexibility index (Phi) is 4.78. The van der Waals surface area contributed by atoms with Crippen molar-refractivity contribution in [3.8, 4) is 10.6 Å². The van der Waals surface area contributed by atoms with Crippen molar-refractivity contribution in [2.45, 2.75) is 13.5 Å². The first-order chi connectivity index (χ1) is 11.5. The molecule has 0 aliphatic carbocycles. The molecule has 0 atom stereocenters. The fraction of sp³-hybridized carbons (Fsp3) is 0.118. The van der Waals surface area contributed by atoms with Gasteiger partial charge in [-0.25, -0.2) is 4.98 Å². The molecule has 0 aliphatic rings. The van der Waals surface area contributed by atoms with Crippen LogP contribution in [-0.4, -0.2) is 10.9 Å². The maximum absolute atomic E-state index is 12.2. The van der Waals surface area contributed by atoms with E-state index in [1.54, 1.807) is 23.6 Å². The first-order valence-electron chi connectivity index (χ1n) is 7.21. The van der Waals surface area contributed by atoms with Gasteiger partial charge in [0, 0.05) is 28.1 Å². The SMILES string of the molecule is Cc1cc(Cl)cc(-c2nc(C(=O)NCc3cccc[n+]3[O-])cs2)c1. The van der Waals surface area contributed by atoms with Crippen LogP contribution in [0.2, 0.25) is 5.02 Å². The Labute approximate surface area is 148 Å². The van der Waals surface area contributed by atoms with E-state index in [4.69, 9.17) is 11.6 Å². The van der Waals surface area contributed by atoms with Crippen LogP contribution in [0.3, 0.4) is 0 Å². The van der Waals surface area contributed by atoms with Crippen molar-refractivity contribution >= 4 is 28.8 Å². The highest BCUT2D eigenvalue weighted by Gasteiger charge is 2.14. The second-order valence-electron chi connectivity index (χ2n) is 5.26. The molecule has 0 aliphatic heterocycles. The topological polar surface area (TPSA) is 68.9 Å². The number of nitrogens with one attached hydrogen (secondary N) is 1. The minimum absolute atomic E-state index is 0.145. The van der Waals surface area contributed by atoms with Crippen LogP contribution in [0, 0.1) is 12.1 Å². The number of hydrogen-bond donors (Lipinski definition) is 1. The van der Waals surface area contributed by atoms with Gasteiger partial charge in [0.15, 0.2) is 6.20 Å². The average molecular weight is 360 g/mol. The molecule has 0 bridgehead atoms.